The summed E-state index contributed by atoms with van der Waals surface area (Å²) in [6.45, 7) is 6.69. The minimum atomic E-state index is -0.488. The van der Waals surface area contributed by atoms with Crippen LogP contribution in [0, 0.1) is 0 Å². The average Bonchev–Trinajstić information content (AvgIpc) is 2.84. The molecule has 0 bridgehead atoms. The Bertz CT molecular complexity index is 823. The number of rotatable bonds is 1. The molecule has 6 nitrogen and oxygen atoms in total. The van der Waals surface area contributed by atoms with Crippen LogP contribution in [0.3, 0.4) is 0 Å². The first-order chi connectivity index (χ1) is 10.8. The van der Waals surface area contributed by atoms with Crippen molar-refractivity contribution in [2.75, 3.05) is 13.1 Å². The number of hydrogen-bond donors (Lipinski definition) is 1. The molecule has 1 aliphatic rings. The van der Waals surface area contributed by atoms with Gasteiger partial charge in [-0.3, -0.25) is 4.98 Å². The van der Waals surface area contributed by atoms with Crippen molar-refractivity contribution in [3.05, 3.63) is 40.4 Å². The van der Waals surface area contributed by atoms with Crippen LogP contribution in [0.2, 0.25) is 0 Å². The van der Waals surface area contributed by atoms with Crippen molar-refractivity contribution in [3.63, 3.8) is 0 Å². The van der Waals surface area contributed by atoms with E-state index in [2.05, 4.69) is 4.98 Å². The van der Waals surface area contributed by atoms with Crippen LogP contribution in [-0.2, 0) is 4.74 Å². The lowest BCUT2D eigenvalue weighted by Gasteiger charge is -2.29. The van der Waals surface area contributed by atoms with Crippen LogP contribution in [-0.4, -0.2) is 34.7 Å². The molecule has 6 heteroatoms. The molecule has 23 heavy (non-hydrogen) atoms. The summed E-state index contributed by atoms with van der Waals surface area (Å²) in [6.07, 6.45) is 2.46. The Kier molecular flexibility index (Phi) is 3.75. The van der Waals surface area contributed by atoms with Crippen LogP contribution >= 0.6 is 0 Å². The fraction of sp³-hybridized carbons (Fsp3) is 0.412. The molecule has 1 aromatic carbocycles. The molecular formula is C17H20N2O4. The van der Waals surface area contributed by atoms with Crippen molar-refractivity contribution in [1.82, 2.24) is 9.88 Å². The van der Waals surface area contributed by atoms with Crippen LogP contribution in [0.1, 0.15) is 32.8 Å². The summed E-state index contributed by atoms with van der Waals surface area (Å²) in [5, 5.41) is 0. The molecule has 0 saturated heterocycles. The Morgan fingerprint density at radius 2 is 2.13 bits per heavy atom. The maximum absolute atomic E-state index is 12.1. The lowest BCUT2D eigenvalue weighted by atomic mass is 9.99. The van der Waals surface area contributed by atoms with E-state index in [1.807, 2.05) is 45.0 Å². The number of oxazole rings is 1. The molecule has 0 unspecified atom stereocenters. The second kappa shape index (κ2) is 5.61. The van der Waals surface area contributed by atoms with Gasteiger partial charge in [0.25, 0.3) is 0 Å². The van der Waals surface area contributed by atoms with E-state index in [0.29, 0.717) is 24.2 Å². The Morgan fingerprint density at radius 1 is 1.35 bits per heavy atom. The van der Waals surface area contributed by atoms with Gasteiger partial charge in [0.15, 0.2) is 5.58 Å². The van der Waals surface area contributed by atoms with E-state index in [1.165, 1.54) is 0 Å². The van der Waals surface area contributed by atoms with Crippen molar-refractivity contribution >= 4 is 22.8 Å². The lowest BCUT2D eigenvalue weighted by molar-refractivity contribution is 0.0270. The highest BCUT2D eigenvalue weighted by atomic mass is 16.6. The van der Waals surface area contributed by atoms with E-state index in [1.54, 1.807) is 4.90 Å². The molecule has 122 valence electrons. The van der Waals surface area contributed by atoms with Gasteiger partial charge in [0.1, 0.15) is 5.60 Å². The van der Waals surface area contributed by atoms with Crippen LogP contribution < -0.4 is 5.76 Å². The standard InChI is InChI=1S/C17H20N2O4/c1-17(2,3)23-16(21)19-8-6-11(7-9-19)12-4-5-13-14(10-12)22-15(20)18-13/h4-6,10H,7-9H2,1-3H3,(H,18,20). The zero-order valence-electron chi connectivity index (χ0n) is 13.5. The predicted molar refractivity (Wildman–Crippen MR) is 87.2 cm³/mol. The third-order valence-corrected chi connectivity index (χ3v) is 3.65. The molecular weight excluding hydrogens is 296 g/mol. The van der Waals surface area contributed by atoms with Gasteiger partial charge in [-0.1, -0.05) is 12.1 Å². The van der Waals surface area contributed by atoms with Crippen molar-refractivity contribution < 1.29 is 13.9 Å². The molecule has 0 spiro atoms. The molecule has 1 N–H and O–H groups in total. The molecule has 1 aromatic heterocycles. The highest BCUT2D eigenvalue weighted by Crippen LogP contribution is 2.25. The third kappa shape index (κ3) is 3.47. The maximum atomic E-state index is 12.1. The zero-order valence-corrected chi connectivity index (χ0v) is 13.5. The molecule has 1 amide bonds. The summed E-state index contributed by atoms with van der Waals surface area (Å²) in [7, 11) is 0. The molecule has 0 saturated carbocycles. The second-order valence-electron chi connectivity index (χ2n) is 6.63. The van der Waals surface area contributed by atoms with Gasteiger partial charge < -0.3 is 14.1 Å². The number of fused-ring (bicyclic) bond motifs is 1. The van der Waals surface area contributed by atoms with Gasteiger partial charge in [-0.15, -0.1) is 0 Å². The number of carbonyl (C=O) groups is 1. The average molecular weight is 316 g/mol. The van der Waals surface area contributed by atoms with E-state index < -0.39 is 11.4 Å². The Hall–Kier alpha value is -2.50. The molecule has 2 heterocycles. The topological polar surface area (TPSA) is 75.5 Å². The molecule has 0 radical (unpaired) electrons. The second-order valence-corrected chi connectivity index (χ2v) is 6.63. The summed E-state index contributed by atoms with van der Waals surface area (Å²) in [6, 6.07) is 5.63. The number of hydrogen-bond acceptors (Lipinski definition) is 4. The number of amides is 1. The number of ether oxygens (including phenoxy) is 1. The summed E-state index contributed by atoms with van der Waals surface area (Å²) in [4.78, 5) is 27.6. The molecule has 0 atom stereocenters. The van der Waals surface area contributed by atoms with E-state index in [-0.39, 0.29) is 6.09 Å². The van der Waals surface area contributed by atoms with E-state index in [0.717, 1.165) is 17.6 Å². The number of H-pyrrole nitrogens is 1. The molecule has 3 rings (SSSR count). The number of carbonyl (C=O) groups excluding carboxylic acids is 1. The fourth-order valence-corrected chi connectivity index (χ4v) is 2.57. The minimum Gasteiger partial charge on any atom is -0.444 e. The summed E-state index contributed by atoms with van der Waals surface area (Å²) in [5.41, 5.74) is 2.88. The molecule has 0 fully saturated rings. The Labute approximate surface area is 133 Å². The fourth-order valence-electron chi connectivity index (χ4n) is 2.57. The molecule has 0 aliphatic carbocycles. The van der Waals surface area contributed by atoms with Crippen molar-refractivity contribution in [3.8, 4) is 0 Å². The highest BCUT2D eigenvalue weighted by molar-refractivity contribution is 5.80. The number of nitrogens with one attached hydrogen (secondary N) is 1. The van der Waals surface area contributed by atoms with Gasteiger partial charge in [0.05, 0.1) is 5.52 Å². The predicted octanol–water partition coefficient (Wildman–Crippen LogP) is 3.15. The van der Waals surface area contributed by atoms with Crippen molar-refractivity contribution in [1.29, 1.82) is 0 Å². The Morgan fingerprint density at radius 3 is 2.78 bits per heavy atom. The molecule has 2 aromatic rings. The normalized spacial score (nSPS) is 15.6. The first-order valence-corrected chi connectivity index (χ1v) is 7.62. The van der Waals surface area contributed by atoms with E-state index >= 15 is 0 Å². The third-order valence-electron chi connectivity index (χ3n) is 3.65. The monoisotopic (exact) mass is 316 g/mol. The SMILES string of the molecule is CC(C)(C)OC(=O)N1CC=C(c2ccc3[nH]c(=O)oc3c2)CC1. The highest BCUT2D eigenvalue weighted by Gasteiger charge is 2.23. The van der Waals surface area contributed by atoms with Crippen molar-refractivity contribution in [2.45, 2.75) is 32.8 Å². The van der Waals surface area contributed by atoms with E-state index in [4.69, 9.17) is 9.15 Å². The van der Waals surface area contributed by atoms with E-state index in [9.17, 15) is 9.59 Å². The Balaban J connectivity index is 1.75. The number of nitrogens with zero attached hydrogens (tertiary/aromatic N) is 1. The summed E-state index contributed by atoms with van der Waals surface area (Å²) in [5.74, 6) is -0.453. The van der Waals surface area contributed by atoms with Crippen LogP contribution in [0.25, 0.3) is 16.7 Å². The van der Waals surface area contributed by atoms with Gasteiger partial charge in [-0.2, -0.15) is 0 Å². The molecule has 1 aliphatic heterocycles. The number of aromatic amines is 1. The number of benzene rings is 1. The van der Waals surface area contributed by atoms with Crippen LogP contribution in [0.5, 0.6) is 0 Å². The summed E-state index contributed by atoms with van der Waals surface area (Å²) >= 11 is 0. The van der Waals surface area contributed by atoms with Crippen molar-refractivity contribution in [2.24, 2.45) is 0 Å². The van der Waals surface area contributed by atoms with Gasteiger partial charge in [0.2, 0.25) is 0 Å². The minimum absolute atomic E-state index is 0.292. The zero-order chi connectivity index (χ0) is 16.6. The first kappa shape index (κ1) is 15.4. The summed E-state index contributed by atoms with van der Waals surface area (Å²) < 4.78 is 10.5. The van der Waals surface area contributed by atoms with Gasteiger partial charge >= 0.3 is 11.8 Å². The number of aromatic nitrogens is 1. The van der Waals surface area contributed by atoms with Crippen LogP contribution in [0.4, 0.5) is 4.79 Å². The first-order valence-electron chi connectivity index (χ1n) is 7.62. The largest absolute Gasteiger partial charge is 0.444 e. The smallest absolute Gasteiger partial charge is 0.417 e. The lowest BCUT2D eigenvalue weighted by Crippen LogP contribution is -2.39. The maximum Gasteiger partial charge on any atom is 0.417 e. The van der Waals surface area contributed by atoms with Gasteiger partial charge in [-0.25, -0.2) is 9.59 Å². The van der Waals surface area contributed by atoms with Gasteiger partial charge in [0, 0.05) is 13.1 Å². The van der Waals surface area contributed by atoms with Gasteiger partial charge in [-0.05, 0) is 50.5 Å². The quantitative estimate of drug-likeness (QED) is 0.877. The van der Waals surface area contributed by atoms with Crippen LogP contribution in [0.15, 0.2) is 33.5 Å².